The maximum atomic E-state index is 11.6. The molecular weight excluding hydrogens is 272 g/mol. The van der Waals surface area contributed by atoms with Gasteiger partial charge in [-0.15, -0.1) is 0 Å². The molecule has 1 amide bonds. The molecule has 1 aromatic rings. The average Bonchev–Trinajstić information content (AvgIpc) is 2.38. The smallest absolute Gasteiger partial charge is 0.226 e. The maximum absolute atomic E-state index is 11.6. The number of anilines is 1. The largest absolute Gasteiger partial charge is 0.489 e. The number of thiocarbonyl (C=S) groups is 1. The zero-order valence-corrected chi connectivity index (χ0v) is 13.0. The van der Waals surface area contributed by atoms with Crippen molar-refractivity contribution in [2.24, 2.45) is 0 Å². The number of nitrogens with one attached hydrogen (secondary N) is 2. The molecule has 0 unspecified atom stereocenters. The summed E-state index contributed by atoms with van der Waals surface area (Å²) in [4.78, 5) is 11.6. The summed E-state index contributed by atoms with van der Waals surface area (Å²) < 4.78 is 5.68. The minimum atomic E-state index is -0.0633. The van der Waals surface area contributed by atoms with Crippen molar-refractivity contribution in [3.8, 4) is 5.75 Å². The summed E-state index contributed by atoms with van der Waals surface area (Å²) >= 11 is 5.14. The molecule has 0 bridgehead atoms. The second-order valence-electron chi connectivity index (χ2n) is 4.77. The van der Waals surface area contributed by atoms with Crippen molar-refractivity contribution >= 4 is 28.9 Å². The molecule has 0 saturated carbocycles. The molecule has 0 fully saturated rings. The number of carbonyl (C=O) groups excluding carboxylic acids is 1. The Bertz CT molecular complexity index is 461. The monoisotopic (exact) mass is 294 g/mol. The molecule has 0 saturated heterocycles. The van der Waals surface area contributed by atoms with Crippen LogP contribution in [0.25, 0.3) is 0 Å². The number of amides is 1. The van der Waals surface area contributed by atoms with Gasteiger partial charge < -0.3 is 15.4 Å². The van der Waals surface area contributed by atoms with Gasteiger partial charge in [0.1, 0.15) is 5.75 Å². The van der Waals surface area contributed by atoms with Crippen LogP contribution in [0.2, 0.25) is 0 Å². The van der Waals surface area contributed by atoms with Gasteiger partial charge in [0.05, 0.1) is 11.8 Å². The first-order chi connectivity index (χ1) is 9.52. The Hall–Kier alpha value is -1.62. The van der Waals surface area contributed by atoms with E-state index in [1.54, 1.807) is 0 Å². The number of hydrogen-bond acceptors (Lipinski definition) is 3. The molecule has 0 aliphatic carbocycles. The molecule has 4 nitrogen and oxygen atoms in total. The highest BCUT2D eigenvalue weighted by Crippen LogP contribution is 2.24. The van der Waals surface area contributed by atoms with Crippen molar-refractivity contribution in [3.05, 3.63) is 24.3 Å². The number of benzene rings is 1. The fourth-order valence-corrected chi connectivity index (χ4v) is 1.83. The van der Waals surface area contributed by atoms with Gasteiger partial charge in [0.2, 0.25) is 5.91 Å². The van der Waals surface area contributed by atoms with Gasteiger partial charge in [-0.05, 0) is 44.6 Å². The first-order valence-corrected chi connectivity index (χ1v) is 7.30. The van der Waals surface area contributed by atoms with E-state index in [0.717, 1.165) is 18.5 Å². The van der Waals surface area contributed by atoms with Crippen LogP contribution in [-0.4, -0.2) is 17.1 Å². The highest BCUT2D eigenvalue weighted by atomic mass is 32.1. The molecule has 1 aromatic carbocycles. The van der Waals surface area contributed by atoms with E-state index >= 15 is 0 Å². The molecule has 0 aromatic heterocycles. The number of unbranched alkanes of at least 4 members (excludes halogenated alkanes) is 1. The second-order valence-corrected chi connectivity index (χ2v) is 5.18. The Labute approximate surface area is 125 Å². The third-order valence-electron chi connectivity index (χ3n) is 2.51. The molecule has 1 rings (SSSR count). The van der Waals surface area contributed by atoms with Gasteiger partial charge in [-0.25, -0.2) is 0 Å². The van der Waals surface area contributed by atoms with E-state index in [2.05, 4.69) is 10.6 Å². The molecule has 5 heteroatoms. The number of rotatable bonds is 6. The van der Waals surface area contributed by atoms with E-state index in [9.17, 15) is 4.79 Å². The summed E-state index contributed by atoms with van der Waals surface area (Å²) in [6.07, 6.45) is 2.41. The lowest BCUT2D eigenvalue weighted by atomic mass is 10.2. The summed E-state index contributed by atoms with van der Waals surface area (Å²) in [5.74, 6) is 0.652. The number of ether oxygens (including phenoxy) is 1. The minimum Gasteiger partial charge on any atom is -0.489 e. The lowest BCUT2D eigenvalue weighted by Gasteiger charge is -2.16. The predicted octanol–water partition coefficient (Wildman–Crippen LogP) is 3.48. The van der Waals surface area contributed by atoms with E-state index in [1.165, 1.54) is 0 Å². The fraction of sp³-hybridized carbons (Fsp3) is 0.467. The highest BCUT2D eigenvalue weighted by molar-refractivity contribution is 7.80. The van der Waals surface area contributed by atoms with Crippen LogP contribution in [0.4, 0.5) is 5.69 Å². The van der Waals surface area contributed by atoms with Crippen LogP contribution in [0.1, 0.15) is 40.0 Å². The third-order valence-corrected chi connectivity index (χ3v) is 2.71. The Morgan fingerprint density at radius 3 is 2.70 bits per heavy atom. The second kappa shape index (κ2) is 8.53. The van der Waals surface area contributed by atoms with Crippen molar-refractivity contribution < 1.29 is 9.53 Å². The molecule has 2 N–H and O–H groups in total. The molecule has 0 aliphatic rings. The molecule has 0 radical (unpaired) electrons. The Balaban J connectivity index is 2.59. The number of hydrogen-bond donors (Lipinski definition) is 2. The van der Waals surface area contributed by atoms with Crippen molar-refractivity contribution in [1.82, 2.24) is 5.32 Å². The third kappa shape index (κ3) is 6.02. The Kier molecular flexibility index (Phi) is 7.01. The van der Waals surface area contributed by atoms with E-state index in [1.807, 2.05) is 45.0 Å². The molecule has 20 heavy (non-hydrogen) atoms. The van der Waals surface area contributed by atoms with Gasteiger partial charge in [0, 0.05) is 6.42 Å². The summed E-state index contributed by atoms with van der Waals surface area (Å²) in [7, 11) is 0. The van der Waals surface area contributed by atoms with Crippen molar-refractivity contribution in [1.29, 1.82) is 0 Å². The molecule has 0 heterocycles. The Morgan fingerprint density at radius 2 is 2.05 bits per heavy atom. The molecular formula is C15H22N2O2S. The summed E-state index contributed by atoms with van der Waals surface area (Å²) in [5.41, 5.74) is 0.752. The van der Waals surface area contributed by atoms with Crippen molar-refractivity contribution in [2.45, 2.75) is 46.1 Å². The van der Waals surface area contributed by atoms with Gasteiger partial charge in [-0.3, -0.25) is 4.79 Å². The number of para-hydroxylation sites is 2. The van der Waals surface area contributed by atoms with E-state index < -0.39 is 0 Å². The van der Waals surface area contributed by atoms with Crippen LogP contribution < -0.4 is 15.4 Å². The van der Waals surface area contributed by atoms with Crippen LogP contribution in [0, 0.1) is 0 Å². The van der Waals surface area contributed by atoms with Gasteiger partial charge in [0.15, 0.2) is 5.11 Å². The molecule has 0 aliphatic heterocycles. The highest BCUT2D eigenvalue weighted by Gasteiger charge is 2.08. The van der Waals surface area contributed by atoms with Crippen LogP contribution in [0.15, 0.2) is 24.3 Å². The summed E-state index contributed by atoms with van der Waals surface area (Å²) in [5, 5.41) is 5.96. The number of carbonyl (C=O) groups is 1. The summed E-state index contributed by atoms with van der Waals surface area (Å²) in [6, 6.07) is 7.51. The average molecular weight is 294 g/mol. The standard InChI is InChI=1S/C15H22N2O2S/c1-4-5-10-14(18)17-15(20)16-12-8-6-7-9-13(12)19-11(2)3/h6-9,11H,4-5,10H2,1-3H3,(H2,16,17,18,20). The van der Waals surface area contributed by atoms with E-state index in [0.29, 0.717) is 17.3 Å². The summed E-state index contributed by atoms with van der Waals surface area (Å²) in [6.45, 7) is 5.96. The fourth-order valence-electron chi connectivity index (χ4n) is 1.61. The normalized spacial score (nSPS) is 10.2. The van der Waals surface area contributed by atoms with Gasteiger partial charge >= 0.3 is 0 Å². The zero-order valence-electron chi connectivity index (χ0n) is 12.2. The first kappa shape index (κ1) is 16.4. The van der Waals surface area contributed by atoms with Gasteiger partial charge in [-0.1, -0.05) is 25.5 Å². The minimum absolute atomic E-state index is 0.0633. The zero-order chi connectivity index (χ0) is 15.0. The van der Waals surface area contributed by atoms with Crippen LogP contribution >= 0.6 is 12.2 Å². The SMILES string of the molecule is CCCCC(=O)NC(=S)Nc1ccccc1OC(C)C. The first-order valence-electron chi connectivity index (χ1n) is 6.89. The molecule has 110 valence electrons. The lowest BCUT2D eigenvalue weighted by molar-refractivity contribution is -0.119. The van der Waals surface area contributed by atoms with Gasteiger partial charge in [-0.2, -0.15) is 0 Å². The quantitative estimate of drug-likeness (QED) is 0.789. The topological polar surface area (TPSA) is 50.4 Å². The lowest BCUT2D eigenvalue weighted by Crippen LogP contribution is -2.34. The van der Waals surface area contributed by atoms with Crippen LogP contribution in [0.5, 0.6) is 5.75 Å². The maximum Gasteiger partial charge on any atom is 0.226 e. The molecule has 0 spiro atoms. The van der Waals surface area contributed by atoms with Crippen LogP contribution in [-0.2, 0) is 4.79 Å². The molecule has 0 atom stereocenters. The van der Waals surface area contributed by atoms with Crippen molar-refractivity contribution in [3.63, 3.8) is 0 Å². The van der Waals surface area contributed by atoms with Gasteiger partial charge in [0.25, 0.3) is 0 Å². The van der Waals surface area contributed by atoms with E-state index in [-0.39, 0.29) is 12.0 Å². The van der Waals surface area contributed by atoms with E-state index in [4.69, 9.17) is 17.0 Å². The Morgan fingerprint density at radius 1 is 1.35 bits per heavy atom. The van der Waals surface area contributed by atoms with Crippen LogP contribution in [0.3, 0.4) is 0 Å². The predicted molar refractivity (Wildman–Crippen MR) is 86.1 cm³/mol. The van der Waals surface area contributed by atoms with Crippen molar-refractivity contribution in [2.75, 3.05) is 5.32 Å².